The predicted octanol–water partition coefficient (Wildman–Crippen LogP) is 3.91. The van der Waals surface area contributed by atoms with Crippen LogP contribution in [0.15, 0.2) is 17.1 Å². The number of aliphatic imine (C=N–C) groups is 1. The molecule has 0 aliphatic heterocycles. The highest BCUT2D eigenvalue weighted by Gasteiger charge is 2.24. The van der Waals surface area contributed by atoms with Crippen LogP contribution in [0, 0.1) is 0 Å². The molecule has 1 atom stereocenters. The molecule has 1 amide bonds. The number of aliphatic hydroxyl groups excluding tert-OH is 1. The number of ether oxygens (including phenoxy) is 1. The summed E-state index contributed by atoms with van der Waals surface area (Å²) in [6.45, 7) is 12.4. The Balaban J connectivity index is 0.00000729. The van der Waals surface area contributed by atoms with Crippen LogP contribution in [0.4, 0.5) is 4.79 Å². The predicted molar refractivity (Wildman–Crippen MR) is 127 cm³/mol. The summed E-state index contributed by atoms with van der Waals surface area (Å²) < 4.78 is 5.92. The van der Waals surface area contributed by atoms with Crippen molar-refractivity contribution in [1.29, 1.82) is 0 Å². The molecule has 1 heterocycles. The zero-order valence-corrected chi connectivity index (χ0v) is 21.2. The van der Waals surface area contributed by atoms with Crippen molar-refractivity contribution in [3.63, 3.8) is 0 Å². The van der Waals surface area contributed by atoms with Gasteiger partial charge in [0.05, 0.1) is 16.4 Å². The minimum Gasteiger partial charge on any atom is -0.444 e. The molecule has 0 spiro atoms. The summed E-state index contributed by atoms with van der Waals surface area (Å²) in [4.78, 5) is 17.2. The topological polar surface area (TPSA) is 95.0 Å². The lowest BCUT2D eigenvalue weighted by Crippen LogP contribution is -2.49. The van der Waals surface area contributed by atoms with Crippen molar-refractivity contribution in [2.24, 2.45) is 4.99 Å². The Bertz CT molecular complexity index is 647. The van der Waals surface area contributed by atoms with Gasteiger partial charge < -0.3 is 25.8 Å². The maximum Gasteiger partial charge on any atom is 0.408 e. The van der Waals surface area contributed by atoms with Crippen molar-refractivity contribution in [3.05, 3.63) is 21.3 Å². The van der Waals surface area contributed by atoms with E-state index in [1.165, 1.54) is 11.3 Å². The average molecular weight is 547 g/mol. The number of guanidine groups is 1. The SMILES string of the molecule is CCNC(=NCC(C)(C)NC(=O)OC(C)(C)C)NCC(O)c1ccc(Cl)s1.I. The molecule has 28 heavy (non-hydrogen) atoms. The molecule has 1 aromatic rings. The van der Waals surface area contributed by atoms with Gasteiger partial charge in [-0.1, -0.05) is 11.6 Å². The van der Waals surface area contributed by atoms with Crippen LogP contribution in [0.25, 0.3) is 0 Å². The summed E-state index contributed by atoms with van der Waals surface area (Å²) >= 11 is 7.25. The molecule has 7 nitrogen and oxygen atoms in total. The Morgan fingerprint density at radius 2 is 1.93 bits per heavy atom. The third-order valence-corrected chi connectivity index (χ3v) is 4.53. The first kappa shape index (κ1) is 27.2. The highest BCUT2D eigenvalue weighted by molar-refractivity contribution is 14.0. The third-order valence-electron chi connectivity index (χ3n) is 3.20. The lowest BCUT2D eigenvalue weighted by atomic mass is 10.1. The zero-order chi connectivity index (χ0) is 20.7. The fourth-order valence-corrected chi connectivity index (χ4v) is 3.09. The van der Waals surface area contributed by atoms with E-state index >= 15 is 0 Å². The van der Waals surface area contributed by atoms with Crippen molar-refractivity contribution in [2.45, 2.75) is 58.8 Å². The van der Waals surface area contributed by atoms with Crippen molar-refractivity contribution >= 4 is 59.0 Å². The number of nitrogens with zero attached hydrogens (tertiary/aromatic N) is 1. The molecule has 0 aliphatic carbocycles. The van der Waals surface area contributed by atoms with Gasteiger partial charge in [0.2, 0.25) is 0 Å². The summed E-state index contributed by atoms with van der Waals surface area (Å²) in [7, 11) is 0. The summed E-state index contributed by atoms with van der Waals surface area (Å²) in [5.74, 6) is 0.554. The quantitative estimate of drug-likeness (QED) is 0.236. The van der Waals surface area contributed by atoms with Crippen LogP contribution in [0.1, 0.15) is 52.5 Å². The Morgan fingerprint density at radius 3 is 2.43 bits per heavy atom. The van der Waals surface area contributed by atoms with Crippen molar-refractivity contribution < 1.29 is 14.6 Å². The fourth-order valence-electron chi connectivity index (χ4n) is 2.04. The molecule has 1 unspecified atom stereocenters. The monoisotopic (exact) mass is 546 g/mol. The average Bonchev–Trinajstić information content (AvgIpc) is 2.94. The first-order valence-electron chi connectivity index (χ1n) is 8.88. The zero-order valence-electron chi connectivity index (χ0n) is 17.3. The van der Waals surface area contributed by atoms with Gasteiger partial charge in [-0.05, 0) is 53.7 Å². The van der Waals surface area contributed by atoms with E-state index in [9.17, 15) is 9.90 Å². The second kappa shape index (κ2) is 12.0. The molecule has 1 rings (SSSR count). The van der Waals surface area contributed by atoms with Crippen molar-refractivity contribution in [3.8, 4) is 0 Å². The van der Waals surface area contributed by atoms with E-state index in [4.69, 9.17) is 16.3 Å². The number of amides is 1. The van der Waals surface area contributed by atoms with Gasteiger partial charge in [-0.15, -0.1) is 35.3 Å². The van der Waals surface area contributed by atoms with Crippen molar-refractivity contribution in [2.75, 3.05) is 19.6 Å². The first-order valence-corrected chi connectivity index (χ1v) is 10.1. The molecular formula is C18H32ClIN4O3S. The molecule has 162 valence electrons. The van der Waals surface area contributed by atoms with Gasteiger partial charge in [0.15, 0.2) is 5.96 Å². The number of alkyl carbamates (subject to hydrolysis) is 1. The van der Waals surface area contributed by atoms with Gasteiger partial charge in [-0.25, -0.2) is 4.79 Å². The van der Waals surface area contributed by atoms with Crippen LogP contribution in [-0.4, -0.2) is 47.9 Å². The Morgan fingerprint density at radius 1 is 1.29 bits per heavy atom. The Hall–Kier alpha value is -0.780. The Labute approximate surface area is 193 Å². The largest absolute Gasteiger partial charge is 0.444 e. The van der Waals surface area contributed by atoms with E-state index < -0.39 is 23.3 Å². The number of carbonyl (C=O) groups excluding carboxylic acids is 1. The number of nitrogens with one attached hydrogen (secondary N) is 3. The first-order chi connectivity index (χ1) is 12.4. The highest BCUT2D eigenvalue weighted by atomic mass is 127. The second-order valence-corrected chi connectivity index (χ2v) is 9.49. The molecule has 0 bridgehead atoms. The standard InChI is InChI=1S/C18H31ClN4O3S.HI/c1-7-20-15(21-10-12(24)13-8-9-14(19)27-13)22-11-18(5,6)23-16(25)26-17(2,3)4;/h8-9,12,24H,7,10-11H2,1-6H3,(H,23,25)(H2,20,21,22);1H. The van der Waals surface area contributed by atoms with Crippen LogP contribution in [0.2, 0.25) is 4.34 Å². The number of halogens is 2. The number of hydrogen-bond donors (Lipinski definition) is 4. The van der Waals surface area contributed by atoms with Gasteiger partial charge in [0.25, 0.3) is 0 Å². The van der Waals surface area contributed by atoms with Gasteiger partial charge in [0.1, 0.15) is 11.7 Å². The lowest BCUT2D eigenvalue weighted by molar-refractivity contribution is 0.0476. The van der Waals surface area contributed by atoms with E-state index in [2.05, 4.69) is 20.9 Å². The minimum atomic E-state index is -0.681. The Kier molecular flexibility index (Phi) is 11.7. The van der Waals surface area contributed by atoms with E-state index in [0.717, 1.165) is 4.88 Å². The van der Waals surface area contributed by atoms with Crippen LogP contribution in [0.5, 0.6) is 0 Å². The smallest absolute Gasteiger partial charge is 0.408 e. The number of thiophene rings is 1. The number of hydrogen-bond acceptors (Lipinski definition) is 5. The molecule has 0 saturated carbocycles. The number of carbonyl (C=O) groups is 1. The van der Waals surface area contributed by atoms with Crippen LogP contribution in [-0.2, 0) is 4.74 Å². The van der Waals surface area contributed by atoms with E-state index in [1.807, 2.05) is 41.5 Å². The molecule has 0 fully saturated rings. The van der Waals surface area contributed by atoms with E-state index in [1.54, 1.807) is 12.1 Å². The fraction of sp³-hybridized carbons (Fsp3) is 0.667. The summed E-state index contributed by atoms with van der Waals surface area (Å²) in [6.07, 6.45) is -1.16. The summed E-state index contributed by atoms with van der Waals surface area (Å²) in [5, 5.41) is 19.3. The van der Waals surface area contributed by atoms with Gasteiger partial charge in [-0.3, -0.25) is 4.99 Å². The molecule has 4 N–H and O–H groups in total. The molecule has 0 radical (unpaired) electrons. The molecule has 10 heteroatoms. The second-order valence-electron chi connectivity index (χ2n) is 7.74. The molecule has 0 saturated heterocycles. The maximum atomic E-state index is 12.0. The number of aliphatic hydroxyl groups is 1. The number of rotatable bonds is 7. The van der Waals surface area contributed by atoms with Gasteiger partial charge >= 0.3 is 6.09 Å². The van der Waals surface area contributed by atoms with Crippen LogP contribution in [0.3, 0.4) is 0 Å². The normalized spacial score (nSPS) is 13.4. The molecule has 1 aromatic heterocycles. The summed E-state index contributed by atoms with van der Waals surface area (Å²) in [5.41, 5.74) is -1.15. The minimum absolute atomic E-state index is 0. The lowest BCUT2D eigenvalue weighted by Gasteiger charge is -2.27. The van der Waals surface area contributed by atoms with E-state index in [-0.39, 0.29) is 24.0 Å². The molecule has 0 aliphatic rings. The van der Waals surface area contributed by atoms with E-state index in [0.29, 0.717) is 29.9 Å². The highest BCUT2D eigenvalue weighted by Crippen LogP contribution is 2.26. The van der Waals surface area contributed by atoms with Gasteiger partial charge in [-0.2, -0.15) is 0 Å². The molecular weight excluding hydrogens is 515 g/mol. The third kappa shape index (κ3) is 11.3. The van der Waals surface area contributed by atoms with Crippen LogP contribution >= 0.6 is 46.9 Å². The van der Waals surface area contributed by atoms with Crippen LogP contribution < -0.4 is 16.0 Å². The molecule has 0 aromatic carbocycles. The maximum absolute atomic E-state index is 12.0. The van der Waals surface area contributed by atoms with Crippen molar-refractivity contribution in [1.82, 2.24) is 16.0 Å². The van der Waals surface area contributed by atoms with Gasteiger partial charge in [0, 0.05) is 18.0 Å². The summed E-state index contributed by atoms with van der Waals surface area (Å²) in [6, 6.07) is 3.56.